The van der Waals surface area contributed by atoms with Gasteiger partial charge in [-0.15, -0.1) is 0 Å². The van der Waals surface area contributed by atoms with Gasteiger partial charge in [0.25, 0.3) is 0 Å². The zero-order chi connectivity index (χ0) is 20.4. The van der Waals surface area contributed by atoms with E-state index in [1.165, 1.54) is 0 Å². The van der Waals surface area contributed by atoms with Crippen molar-refractivity contribution in [2.24, 2.45) is 0 Å². The molecule has 0 aliphatic carbocycles. The molecule has 2 amide bonds. The summed E-state index contributed by atoms with van der Waals surface area (Å²) in [5.74, 6) is 1.70. The van der Waals surface area contributed by atoms with E-state index in [4.69, 9.17) is 9.26 Å². The minimum Gasteiger partial charge on any atom is -0.474 e. The molecule has 0 radical (unpaired) electrons. The molecule has 8 nitrogen and oxygen atoms in total. The van der Waals surface area contributed by atoms with Gasteiger partial charge < -0.3 is 19.9 Å². The van der Waals surface area contributed by atoms with Crippen LogP contribution in [0, 0.1) is 0 Å². The topological polar surface area (TPSA) is 101 Å². The van der Waals surface area contributed by atoms with Gasteiger partial charge in [-0.25, -0.2) is 9.78 Å². The number of aromatic nitrogens is 2. The summed E-state index contributed by atoms with van der Waals surface area (Å²) >= 11 is 0. The number of carbonyl (C=O) groups excluding carboxylic acids is 1. The Labute approximate surface area is 168 Å². The highest BCUT2D eigenvalue weighted by molar-refractivity contribution is 5.99. The van der Waals surface area contributed by atoms with Crippen molar-refractivity contribution in [1.82, 2.24) is 10.1 Å². The molecule has 3 aromatic rings. The van der Waals surface area contributed by atoms with Gasteiger partial charge >= 0.3 is 6.03 Å². The van der Waals surface area contributed by atoms with Gasteiger partial charge in [0, 0.05) is 35.5 Å². The molecule has 0 saturated carbocycles. The van der Waals surface area contributed by atoms with Gasteiger partial charge in [0.2, 0.25) is 5.88 Å². The van der Waals surface area contributed by atoms with Crippen molar-refractivity contribution < 1.29 is 14.1 Å². The third kappa shape index (κ3) is 4.31. The number of amides is 2. The zero-order valence-corrected chi connectivity index (χ0v) is 16.6. The molecule has 0 bridgehead atoms. The second-order valence-electron chi connectivity index (χ2n) is 7.83. The van der Waals surface area contributed by atoms with Crippen LogP contribution < -0.4 is 20.7 Å². The Balaban J connectivity index is 1.40. The first kappa shape index (κ1) is 18.8. The van der Waals surface area contributed by atoms with Crippen molar-refractivity contribution in [2.75, 3.05) is 29.1 Å². The van der Waals surface area contributed by atoms with Crippen LogP contribution in [-0.4, -0.2) is 29.3 Å². The Morgan fingerprint density at radius 3 is 2.62 bits per heavy atom. The lowest BCUT2D eigenvalue weighted by Gasteiger charge is -2.18. The maximum atomic E-state index is 12.2. The van der Waals surface area contributed by atoms with Crippen LogP contribution in [0.3, 0.4) is 0 Å². The van der Waals surface area contributed by atoms with Gasteiger partial charge in [0.05, 0.1) is 5.69 Å². The van der Waals surface area contributed by atoms with Gasteiger partial charge in [-0.05, 0) is 23.8 Å². The van der Waals surface area contributed by atoms with E-state index in [9.17, 15) is 4.79 Å². The molecular formula is C21H23N5O3. The first-order valence-electron chi connectivity index (χ1n) is 9.41. The highest BCUT2D eigenvalue weighted by Gasteiger charge is 2.20. The van der Waals surface area contributed by atoms with Crippen molar-refractivity contribution in [2.45, 2.75) is 26.2 Å². The summed E-state index contributed by atoms with van der Waals surface area (Å²) in [5, 5.41) is 12.6. The first-order valence-corrected chi connectivity index (χ1v) is 9.41. The largest absolute Gasteiger partial charge is 0.474 e. The summed E-state index contributed by atoms with van der Waals surface area (Å²) in [6.45, 7) is 7.42. The van der Waals surface area contributed by atoms with E-state index in [0.29, 0.717) is 29.8 Å². The van der Waals surface area contributed by atoms with E-state index in [0.717, 1.165) is 23.4 Å². The quantitative estimate of drug-likeness (QED) is 0.606. The number of nitrogens with zero attached hydrogens (tertiary/aromatic N) is 2. The molecule has 150 valence electrons. The molecule has 3 N–H and O–H groups in total. The third-order valence-electron chi connectivity index (χ3n) is 4.47. The number of nitrogens with one attached hydrogen (secondary N) is 3. The average Bonchev–Trinajstić information content (AvgIpc) is 3.17. The summed E-state index contributed by atoms with van der Waals surface area (Å²) in [6.07, 6.45) is 1.78. The van der Waals surface area contributed by atoms with E-state index >= 15 is 0 Å². The summed E-state index contributed by atoms with van der Waals surface area (Å²) in [4.78, 5) is 16.6. The molecule has 3 heterocycles. The summed E-state index contributed by atoms with van der Waals surface area (Å²) in [7, 11) is 0. The van der Waals surface area contributed by atoms with Crippen LogP contribution in [0.2, 0.25) is 0 Å². The molecular weight excluding hydrogens is 370 g/mol. The van der Waals surface area contributed by atoms with Crippen molar-refractivity contribution in [3.63, 3.8) is 0 Å². The second-order valence-corrected chi connectivity index (χ2v) is 7.83. The number of hydrogen-bond acceptors (Lipinski definition) is 6. The monoisotopic (exact) mass is 393 g/mol. The molecule has 0 fully saturated rings. The van der Waals surface area contributed by atoms with Crippen molar-refractivity contribution >= 4 is 23.2 Å². The highest BCUT2D eigenvalue weighted by atomic mass is 16.5. The Kier molecular flexibility index (Phi) is 4.84. The zero-order valence-electron chi connectivity index (χ0n) is 16.6. The van der Waals surface area contributed by atoms with Gasteiger partial charge in [0.1, 0.15) is 12.4 Å². The highest BCUT2D eigenvalue weighted by Crippen LogP contribution is 2.30. The molecule has 29 heavy (non-hydrogen) atoms. The van der Waals surface area contributed by atoms with Gasteiger partial charge in [-0.2, -0.15) is 0 Å². The van der Waals surface area contributed by atoms with Crippen molar-refractivity contribution in [1.29, 1.82) is 0 Å². The second kappa shape index (κ2) is 7.46. The molecule has 0 unspecified atom stereocenters. The molecule has 2 aromatic heterocycles. The van der Waals surface area contributed by atoms with E-state index in [1.54, 1.807) is 12.3 Å². The summed E-state index contributed by atoms with van der Waals surface area (Å²) in [6, 6.07) is 10.9. The minimum atomic E-state index is -0.386. The average molecular weight is 393 g/mol. The van der Waals surface area contributed by atoms with Crippen molar-refractivity contribution in [3.05, 3.63) is 48.4 Å². The van der Waals surface area contributed by atoms with Crippen LogP contribution in [-0.2, 0) is 5.41 Å². The standard InChI is InChI=1S/C21H23N5O3/c1-21(2,3)17-11-18(26-29-17)25-20(27)24-15-6-4-13(5-7-15)14-10-16-19(23-12-14)28-9-8-22-16/h4-7,10-12,22H,8-9H2,1-3H3,(H2,24,25,26,27). The normalized spacial score (nSPS) is 13.1. The van der Waals surface area contributed by atoms with Crippen LogP contribution in [0.25, 0.3) is 11.1 Å². The Morgan fingerprint density at radius 2 is 1.90 bits per heavy atom. The number of rotatable bonds is 3. The maximum absolute atomic E-state index is 12.2. The lowest BCUT2D eigenvalue weighted by Crippen LogP contribution is -2.19. The fourth-order valence-electron chi connectivity index (χ4n) is 2.90. The Morgan fingerprint density at radius 1 is 1.10 bits per heavy atom. The predicted octanol–water partition coefficient (Wildman–Crippen LogP) is 4.48. The molecule has 0 saturated heterocycles. The van der Waals surface area contributed by atoms with Crippen LogP contribution >= 0.6 is 0 Å². The number of ether oxygens (including phenoxy) is 1. The molecule has 1 aliphatic heterocycles. The fourth-order valence-corrected chi connectivity index (χ4v) is 2.90. The summed E-state index contributed by atoms with van der Waals surface area (Å²) < 4.78 is 10.8. The Hall–Kier alpha value is -3.55. The van der Waals surface area contributed by atoms with Crippen LogP contribution in [0.15, 0.2) is 47.1 Å². The van der Waals surface area contributed by atoms with Crippen LogP contribution in [0.5, 0.6) is 5.88 Å². The van der Waals surface area contributed by atoms with Crippen LogP contribution in [0.4, 0.5) is 22.0 Å². The van der Waals surface area contributed by atoms with Crippen LogP contribution in [0.1, 0.15) is 26.5 Å². The number of fused-ring (bicyclic) bond motifs is 1. The molecule has 1 aliphatic rings. The minimum absolute atomic E-state index is 0.174. The molecule has 0 atom stereocenters. The first-order chi connectivity index (χ1) is 13.9. The lowest BCUT2D eigenvalue weighted by atomic mass is 9.93. The number of anilines is 3. The lowest BCUT2D eigenvalue weighted by molar-refractivity contribution is 0.262. The molecule has 0 spiro atoms. The molecule has 8 heteroatoms. The maximum Gasteiger partial charge on any atom is 0.324 e. The third-order valence-corrected chi connectivity index (χ3v) is 4.47. The predicted molar refractivity (Wildman–Crippen MR) is 112 cm³/mol. The fraction of sp³-hybridized carbons (Fsp3) is 0.286. The Bertz CT molecular complexity index is 1020. The number of urea groups is 1. The molecule has 1 aromatic carbocycles. The van der Waals surface area contributed by atoms with Gasteiger partial charge in [-0.1, -0.05) is 38.1 Å². The van der Waals surface area contributed by atoms with Gasteiger partial charge in [0.15, 0.2) is 5.82 Å². The van der Waals surface area contributed by atoms with E-state index in [2.05, 4.69) is 26.1 Å². The van der Waals surface area contributed by atoms with E-state index in [-0.39, 0.29) is 11.4 Å². The number of pyridine rings is 1. The number of carbonyl (C=O) groups is 1. The smallest absolute Gasteiger partial charge is 0.324 e. The number of benzene rings is 1. The molecule has 4 rings (SSSR count). The summed E-state index contributed by atoms with van der Waals surface area (Å²) in [5.41, 5.74) is 3.34. The van der Waals surface area contributed by atoms with E-state index in [1.807, 2.05) is 51.1 Å². The SMILES string of the molecule is CC(C)(C)c1cc(NC(=O)Nc2ccc(-c3cnc4c(c3)NCCO4)cc2)no1. The van der Waals surface area contributed by atoms with E-state index < -0.39 is 0 Å². The number of hydrogen-bond donors (Lipinski definition) is 3. The van der Waals surface area contributed by atoms with Gasteiger partial charge in [-0.3, -0.25) is 5.32 Å². The van der Waals surface area contributed by atoms with Crippen molar-refractivity contribution in [3.8, 4) is 17.0 Å².